The fraction of sp³-hybridized carbons (Fsp3) is 0.389. The van der Waals surface area contributed by atoms with Crippen molar-refractivity contribution in [2.75, 3.05) is 18.4 Å². The number of rotatable bonds is 5. The summed E-state index contributed by atoms with van der Waals surface area (Å²) in [7, 11) is 0. The maximum absolute atomic E-state index is 13.1. The highest BCUT2D eigenvalue weighted by Gasteiger charge is 2.32. The third-order valence-electron chi connectivity index (χ3n) is 4.37. The van der Waals surface area contributed by atoms with E-state index in [0.29, 0.717) is 25.1 Å². The second-order valence-electron chi connectivity index (χ2n) is 6.54. The Kier molecular flexibility index (Phi) is 5.57. The second kappa shape index (κ2) is 7.91. The molecule has 0 saturated carbocycles. The molecule has 1 unspecified atom stereocenters. The monoisotopic (exact) mass is 396 g/mol. The highest BCUT2D eigenvalue weighted by atomic mass is 19.4. The topological polar surface area (TPSA) is 87.5 Å². The molecule has 2 N–H and O–H groups in total. The summed E-state index contributed by atoms with van der Waals surface area (Å²) in [6.45, 7) is 2.23. The van der Waals surface area contributed by atoms with Gasteiger partial charge in [0.25, 0.3) is 0 Å². The fourth-order valence-electron chi connectivity index (χ4n) is 3.02. The number of amides is 3. The Bertz CT molecular complexity index is 866. The van der Waals surface area contributed by atoms with Crippen LogP contribution in [0.3, 0.4) is 0 Å². The average Bonchev–Trinajstić information content (AvgIpc) is 3.22. The third-order valence-corrected chi connectivity index (χ3v) is 4.37. The number of aromatic nitrogens is 1. The van der Waals surface area contributed by atoms with E-state index in [9.17, 15) is 22.8 Å². The van der Waals surface area contributed by atoms with Gasteiger partial charge in [0.05, 0.1) is 11.6 Å². The van der Waals surface area contributed by atoms with Gasteiger partial charge in [-0.3, -0.25) is 10.1 Å². The lowest BCUT2D eigenvalue weighted by atomic mass is 10.0. The van der Waals surface area contributed by atoms with Crippen molar-refractivity contribution in [1.29, 1.82) is 0 Å². The van der Waals surface area contributed by atoms with E-state index >= 15 is 0 Å². The van der Waals surface area contributed by atoms with Crippen molar-refractivity contribution in [1.82, 2.24) is 15.4 Å². The van der Waals surface area contributed by atoms with Crippen LogP contribution >= 0.6 is 0 Å². The normalized spacial score (nSPS) is 15.6. The molecule has 2 heterocycles. The van der Waals surface area contributed by atoms with Crippen molar-refractivity contribution in [3.63, 3.8) is 0 Å². The lowest BCUT2D eigenvalue weighted by Crippen LogP contribution is -2.40. The Morgan fingerprint density at radius 3 is 2.75 bits per heavy atom. The van der Waals surface area contributed by atoms with Gasteiger partial charge in [0.1, 0.15) is 5.76 Å². The molecule has 1 aromatic carbocycles. The van der Waals surface area contributed by atoms with Crippen molar-refractivity contribution in [3.8, 4) is 0 Å². The highest BCUT2D eigenvalue weighted by Crippen LogP contribution is 2.31. The second-order valence-corrected chi connectivity index (χ2v) is 6.54. The molecule has 1 aliphatic rings. The fourth-order valence-corrected chi connectivity index (χ4v) is 3.02. The van der Waals surface area contributed by atoms with E-state index in [1.54, 1.807) is 6.92 Å². The van der Waals surface area contributed by atoms with Crippen molar-refractivity contribution in [2.24, 2.45) is 0 Å². The van der Waals surface area contributed by atoms with Gasteiger partial charge in [-0.25, -0.2) is 4.79 Å². The Hall–Kier alpha value is -3.04. The van der Waals surface area contributed by atoms with E-state index < -0.39 is 23.8 Å². The van der Waals surface area contributed by atoms with E-state index in [1.807, 2.05) is 0 Å². The van der Waals surface area contributed by atoms with Gasteiger partial charge in [-0.1, -0.05) is 17.3 Å². The summed E-state index contributed by atoms with van der Waals surface area (Å²) >= 11 is 0. The summed E-state index contributed by atoms with van der Waals surface area (Å²) in [4.78, 5) is 25.8. The number of nitrogens with zero attached hydrogens (tertiary/aromatic N) is 2. The van der Waals surface area contributed by atoms with Crippen LogP contribution < -0.4 is 10.6 Å². The van der Waals surface area contributed by atoms with E-state index in [0.717, 1.165) is 12.1 Å². The van der Waals surface area contributed by atoms with Crippen molar-refractivity contribution < 1.29 is 27.3 Å². The van der Waals surface area contributed by atoms with Gasteiger partial charge in [0.2, 0.25) is 5.91 Å². The quantitative estimate of drug-likeness (QED) is 0.810. The maximum atomic E-state index is 13.1. The summed E-state index contributed by atoms with van der Waals surface area (Å²) in [6, 6.07) is 4.71. The molecule has 3 rings (SSSR count). The van der Waals surface area contributed by atoms with Crippen LogP contribution in [0.4, 0.5) is 23.8 Å². The average molecular weight is 396 g/mol. The first-order valence-corrected chi connectivity index (χ1v) is 8.68. The lowest BCUT2D eigenvalue weighted by Gasteiger charge is -2.25. The number of hydrogen-bond acceptors (Lipinski definition) is 4. The van der Waals surface area contributed by atoms with Crippen molar-refractivity contribution in [3.05, 3.63) is 47.2 Å². The van der Waals surface area contributed by atoms with E-state index in [-0.39, 0.29) is 23.8 Å². The zero-order valence-electron chi connectivity index (χ0n) is 15.0. The number of hydrogen-bond donors (Lipinski definition) is 2. The Morgan fingerprint density at radius 1 is 1.36 bits per heavy atom. The van der Waals surface area contributed by atoms with Gasteiger partial charge in [-0.15, -0.1) is 0 Å². The van der Waals surface area contributed by atoms with Crippen LogP contribution in [0, 0.1) is 6.92 Å². The molecule has 7 nitrogen and oxygen atoms in total. The molecule has 0 aliphatic carbocycles. The summed E-state index contributed by atoms with van der Waals surface area (Å²) in [5, 5.41) is 8.72. The molecule has 3 amide bonds. The molecule has 1 atom stereocenters. The first kappa shape index (κ1) is 19.7. The Labute approximate surface area is 158 Å². The molecule has 1 saturated heterocycles. The molecule has 1 aromatic heterocycles. The maximum Gasteiger partial charge on any atom is 0.416 e. The van der Waals surface area contributed by atoms with Gasteiger partial charge in [0, 0.05) is 25.6 Å². The van der Waals surface area contributed by atoms with Gasteiger partial charge >= 0.3 is 12.2 Å². The number of carbonyl (C=O) groups excluding carboxylic acids is 2. The van der Waals surface area contributed by atoms with Crippen LogP contribution in [0.15, 0.2) is 34.9 Å². The number of nitrogens with one attached hydrogen (secondary N) is 2. The van der Waals surface area contributed by atoms with Crippen LogP contribution in [-0.4, -0.2) is 35.1 Å². The SMILES string of the molecule is Cc1cc(NC(=O)NC(CN2CCCC2=O)c2cccc(C(F)(F)F)c2)no1. The minimum absolute atomic E-state index is 0.0748. The third kappa shape index (κ3) is 4.81. The molecule has 150 valence electrons. The summed E-state index contributed by atoms with van der Waals surface area (Å²) in [5.74, 6) is 0.578. The smallest absolute Gasteiger partial charge is 0.360 e. The van der Waals surface area contributed by atoms with Crippen LogP contribution in [0.1, 0.15) is 35.8 Å². The number of likely N-dealkylation sites (tertiary alicyclic amines) is 1. The van der Waals surface area contributed by atoms with E-state index in [2.05, 4.69) is 15.8 Å². The first-order valence-electron chi connectivity index (χ1n) is 8.68. The number of aryl methyl sites for hydroxylation is 1. The molecular weight excluding hydrogens is 377 g/mol. The minimum atomic E-state index is -4.51. The Balaban J connectivity index is 1.80. The Morgan fingerprint density at radius 2 is 2.14 bits per heavy atom. The number of alkyl halides is 3. The van der Waals surface area contributed by atoms with Crippen LogP contribution in [-0.2, 0) is 11.0 Å². The zero-order valence-corrected chi connectivity index (χ0v) is 15.0. The number of carbonyl (C=O) groups is 2. The molecule has 0 radical (unpaired) electrons. The minimum Gasteiger partial charge on any atom is -0.360 e. The van der Waals surface area contributed by atoms with E-state index in [4.69, 9.17) is 4.52 Å². The van der Waals surface area contributed by atoms with Gasteiger partial charge < -0.3 is 14.7 Å². The van der Waals surface area contributed by atoms with Crippen LogP contribution in [0.2, 0.25) is 0 Å². The van der Waals surface area contributed by atoms with Gasteiger partial charge in [0.15, 0.2) is 5.82 Å². The molecular formula is C18H19F3N4O3. The molecule has 0 spiro atoms. The van der Waals surface area contributed by atoms with Crippen molar-refractivity contribution >= 4 is 17.8 Å². The van der Waals surface area contributed by atoms with Crippen molar-refractivity contribution in [2.45, 2.75) is 32.0 Å². The van der Waals surface area contributed by atoms with Gasteiger partial charge in [-0.05, 0) is 31.0 Å². The van der Waals surface area contributed by atoms with Crippen LogP contribution in [0.5, 0.6) is 0 Å². The summed E-state index contributed by atoms with van der Waals surface area (Å²) in [5.41, 5.74) is -0.571. The molecule has 0 bridgehead atoms. The van der Waals surface area contributed by atoms with Gasteiger partial charge in [-0.2, -0.15) is 13.2 Å². The zero-order chi connectivity index (χ0) is 20.3. The molecule has 2 aromatic rings. The number of halogens is 3. The molecule has 1 fully saturated rings. The number of anilines is 1. The largest absolute Gasteiger partial charge is 0.416 e. The molecule has 28 heavy (non-hydrogen) atoms. The predicted octanol–water partition coefficient (Wildman–Crippen LogP) is 3.49. The number of urea groups is 1. The summed E-state index contributed by atoms with van der Waals surface area (Å²) < 4.78 is 44.1. The predicted molar refractivity (Wildman–Crippen MR) is 93.4 cm³/mol. The lowest BCUT2D eigenvalue weighted by molar-refractivity contribution is -0.137. The molecule has 10 heteroatoms. The number of benzene rings is 1. The molecule has 1 aliphatic heterocycles. The summed E-state index contributed by atoms with van der Waals surface area (Å²) in [6.07, 6.45) is -3.44. The van der Waals surface area contributed by atoms with Crippen LogP contribution in [0.25, 0.3) is 0 Å². The standard InChI is InChI=1S/C18H19F3N4O3/c1-11-8-15(24-28-11)23-17(27)22-14(10-25-7-3-6-16(25)26)12-4-2-5-13(9-12)18(19,20)21/h2,4-5,8-9,14H,3,6-7,10H2,1H3,(H2,22,23,24,27). The highest BCUT2D eigenvalue weighted by molar-refractivity contribution is 5.88. The van der Waals surface area contributed by atoms with E-state index in [1.165, 1.54) is 23.1 Å². The first-order chi connectivity index (χ1) is 13.2.